The zero-order valence-electron chi connectivity index (χ0n) is 19.8. The summed E-state index contributed by atoms with van der Waals surface area (Å²) in [7, 11) is 1.61. The standard InChI is InChI=1S/C27H29N5O2/c1-18(2)29-17-27(13-14-27)19-4-6-20(7-5-19)31-15-12-23-24(16-28)30-32(25(23)26(31)33)21-8-10-22(34-3)11-9-21/h4-11,18,29H,12-15,17H2,1-3H3. The number of anilines is 1. The first-order valence-corrected chi connectivity index (χ1v) is 11.8. The molecule has 0 unspecified atom stereocenters. The van der Waals surface area contributed by atoms with Crippen molar-refractivity contribution < 1.29 is 9.53 Å². The van der Waals surface area contributed by atoms with E-state index in [2.05, 4.69) is 42.5 Å². The number of methoxy groups -OCH3 is 1. The molecule has 2 heterocycles. The molecule has 1 aliphatic heterocycles. The molecule has 7 nitrogen and oxygen atoms in total. The highest BCUT2D eigenvalue weighted by atomic mass is 16.5. The van der Waals surface area contributed by atoms with E-state index >= 15 is 0 Å². The fraction of sp³-hybridized carbons (Fsp3) is 0.370. The summed E-state index contributed by atoms with van der Waals surface area (Å²) in [5.41, 5.74) is 4.61. The molecule has 0 bridgehead atoms. The van der Waals surface area contributed by atoms with Crippen LogP contribution in [0.1, 0.15) is 54.0 Å². The largest absolute Gasteiger partial charge is 0.497 e. The summed E-state index contributed by atoms with van der Waals surface area (Å²) in [5, 5.41) is 17.7. The molecule has 5 rings (SSSR count). The van der Waals surface area contributed by atoms with Crippen LogP contribution in [-0.4, -0.2) is 41.9 Å². The van der Waals surface area contributed by atoms with Crippen LogP contribution < -0.4 is 15.0 Å². The first kappa shape index (κ1) is 22.2. The molecule has 0 spiro atoms. The zero-order valence-corrected chi connectivity index (χ0v) is 19.8. The molecule has 0 radical (unpaired) electrons. The topological polar surface area (TPSA) is 83.2 Å². The Bertz CT molecular complexity index is 1250. The summed E-state index contributed by atoms with van der Waals surface area (Å²) in [6, 6.07) is 18.4. The van der Waals surface area contributed by atoms with E-state index in [1.807, 2.05) is 36.4 Å². The number of nitriles is 1. The van der Waals surface area contributed by atoms with Gasteiger partial charge in [-0.25, -0.2) is 4.68 Å². The monoisotopic (exact) mass is 455 g/mol. The number of amides is 1. The van der Waals surface area contributed by atoms with Crippen LogP contribution in [0.4, 0.5) is 5.69 Å². The smallest absolute Gasteiger partial charge is 0.277 e. The van der Waals surface area contributed by atoms with E-state index in [4.69, 9.17) is 4.74 Å². The lowest BCUT2D eigenvalue weighted by Gasteiger charge is -2.28. The van der Waals surface area contributed by atoms with Gasteiger partial charge in [-0.3, -0.25) is 4.79 Å². The van der Waals surface area contributed by atoms with Crippen LogP contribution in [0.5, 0.6) is 5.75 Å². The number of nitrogens with one attached hydrogen (secondary N) is 1. The van der Waals surface area contributed by atoms with Gasteiger partial charge in [0.05, 0.1) is 12.8 Å². The third-order valence-electron chi connectivity index (χ3n) is 6.93. The zero-order chi connectivity index (χ0) is 23.9. The third-order valence-corrected chi connectivity index (χ3v) is 6.93. The Morgan fingerprint density at radius 1 is 1.12 bits per heavy atom. The van der Waals surface area contributed by atoms with Crippen molar-refractivity contribution in [3.05, 3.63) is 71.0 Å². The molecule has 1 N–H and O–H groups in total. The number of benzene rings is 2. The first-order valence-electron chi connectivity index (χ1n) is 11.8. The molecule has 1 fully saturated rings. The fourth-order valence-corrected chi connectivity index (χ4v) is 4.72. The summed E-state index contributed by atoms with van der Waals surface area (Å²) >= 11 is 0. The van der Waals surface area contributed by atoms with Gasteiger partial charge in [0.15, 0.2) is 5.69 Å². The molecule has 174 valence electrons. The van der Waals surface area contributed by atoms with Crippen molar-refractivity contribution in [1.29, 1.82) is 5.26 Å². The molecule has 3 aromatic rings. The van der Waals surface area contributed by atoms with Gasteiger partial charge < -0.3 is 15.0 Å². The van der Waals surface area contributed by atoms with Gasteiger partial charge in [0.25, 0.3) is 5.91 Å². The van der Waals surface area contributed by atoms with Crippen LogP contribution in [0.3, 0.4) is 0 Å². The first-order chi connectivity index (χ1) is 16.5. The Morgan fingerprint density at radius 3 is 2.38 bits per heavy atom. The lowest BCUT2D eigenvalue weighted by molar-refractivity contribution is 0.0973. The van der Waals surface area contributed by atoms with Crippen molar-refractivity contribution in [3.8, 4) is 17.5 Å². The van der Waals surface area contributed by atoms with E-state index in [0.29, 0.717) is 36.0 Å². The molecule has 1 saturated carbocycles. The molecular weight excluding hydrogens is 426 g/mol. The Hall–Kier alpha value is -3.63. The summed E-state index contributed by atoms with van der Waals surface area (Å²) in [4.78, 5) is 15.4. The van der Waals surface area contributed by atoms with E-state index in [0.717, 1.165) is 23.7 Å². The SMILES string of the molecule is COc1ccc(-n2nc(C#N)c3c2C(=O)N(c2ccc(C4(CNC(C)C)CC4)cc2)CC3)cc1. The Morgan fingerprint density at radius 2 is 1.79 bits per heavy atom. The number of rotatable bonds is 7. The van der Waals surface area contributed by atoms with Crippen LogP contribution in [0.15, 0.2) is 48.5 Å². The van der Waals surface area contributed by atoms with Crippen molar-refractivity contribution in [2.75, 3.05) is 25.1 Å². The van der Waals surface area contributed by atoms with Crippen molar-refractivity contribution in [2.24, 2.45) is 0 Å². The molecule has 2 aromatic carbocycles. The summed E-state index contributed by atoms with van der Waals surface area (Å²) in [5.74, 6) is 0.580. The summed E-state index contributed by atoms with van der Waals surface area (Å²) in [6.45, 7) is 5.84. The molecule has 34 heavy (non-hydrogen) atoms. The minimum Gasteiger partial charge on any atom is -0.497 e. The van der Waals surface area contributed by atoms with E-state index in [9.17, 15) is 10.1 Å². The van der Waals surface area contributed by atoms with Crippen LogP contribution in [0.2, 0.25) is 0 Å². The average Bonchev–Trinajstić information content (AvgIpc) is 3.56. The highest BCUT2D eigenvalue weighted by Crippen LogP contribution is 2.48. The lowest BCUT2D eigenvalue weighted by Crippen LogP contribution is -2.39. The number of fused-ring (bicyclic) bond motifs is 1. The van der Waals surface area contributed by atoms with E-state index in [-0.39, 0.29) is 11.3 Å². The molecule has 2 aliphatic rings. The van der Waals surface area contributed by atoms with E-state index in [1.54, 1.807) is 16.7 Å². The van der Waals surface area contributed by atoms with Gasteiger partial charge in [0, 0.05) is 35.8 Å². The van der Waals surface area contributed by atoms with Crippen LogP contribution in [0, 0.1) is 11.3 Å². The van der Waals surface area contributed by atoms with Gasteiger partial charge in [0.2, 0.25) is 0 Å². The van der Waals surface area contributed by atoms with Crippen molar-refractivity contribution in [3.63, 3.8) is 0 Å². The number of carbonyl (C=O) groups excluding carboxylic acids is 1. The fourth-order valence-electron chi connectivity index (χ4n) is 4.72. The van der Waals surface area contributed by atoms with Gasteiger partial charge >= 0.3 is 0 Å². The van der Waals surface area contributed by atoms with Gasteiger partial charge in [-0.1, -0.05) is 26.0 Å². The number of aromatic nitrogens is 2. The molecular formula is C27H29N5O2. The molecule has 1 aliphatic carbocycles. The summed E-state index contributed by atoms with van der Waals surface area (Å²) < 4.78 is 6.83. The highest BCUT2D eigenvalue weighted by Gasteiger charge is 2.44. The minimum atomic E-state index is -0.138. The van der Waals surface area contributed by atoms with Crippen LogP contribution >= 0.6 is 0 Å². The number of hydrogen-bond acceptors (Lipinski definition) is 5. The predicted molar refractivity (Wildman–Crippen MR) is 131 cm³/mol. The van der Waals surface area contributed by atoms with Crippen molar-refractivity contribution >= 4 is 11.6 Å². The second kappa shape index (κ2) is 8.62. The van der Waals surface area contributed by atoms with Crippen LogP contribution in [-0.2, 0) is 11.8 Å². The third kappa shape index (κ3) is 3.84. The Balaban J connectivity index is 1.44. The van der Waals surface area contributed by atoms with E-state index < -0.39 is 0 Å². The van der Waals surface area contributed by atoms with Gasteiger partial charge in [-0.2, -0.15) is 10.4 Å². The second-order valence-electron chi connectivity index (χ2n) is 9.47. The second-order valence-corrected chi connectivity index (χ2v) is 9.47. The molecule has 0 saturated heterocycles. The maximum atomic E-state index is 13.7. The summed E-state index contributed by atoms with van der Waals surface area (Å²) in [6.07, 6.45) is 2.97. The molecule has 1 amide bonds. The van der Waals surface area contributed by atoms with Gasteiger partial charge in [0.1, 0.15) is 17.5 Å². The Labute approximate surface area is 199 Å². The predicted octanol–water partition coefficient (Wildman–Crippen LogP) is 3.99. The lowest BCUT2D eigenvalue weighted by atomic mass is 9.95. The number of nitrogens with zero attached hydrogens (tertiary/aromatic N) is 4. The minimum absolute atomic E-state index is 0.138. The normalized spacial score (nSPS) is 16.3. The molecule has 0 atom stereocenters. The molecule has 7 heteroatoms. The highest BCUT2D eigenvalue weighted by molar-refractivity contribution is 6.07. The number of hydrogen-bond donors (Lipinski definition) is 1. The maximum Gasteiger partial charge on any atom is 0.277 e. The van der Waals surface area contributed by atoms with Gasteiger partial charge in [-0.15, -0.1) is 0 Å². The quantitative estimate of drug-likeness (QED) is 0.583. The van der Waals surface area contributed by atoms with E-state index in [1.165, 1.54) is 18.4 Å². The van der Waals surface area contributed by atoms with Crippen molar-refractivity contribution in [1.82, 2.24) is 15.1 Å². The van der Waals surface area contributed by atoms with Gasteiger partial charge in [-0.05, 0) is 61.2 Å². The number of carbonyl (C=O) groups is 1. The Kier molecular flexibility index (Phi) is 5.62. The number of ether oxygens (including phenoxy) is 1. The van der Waals surface area contributed by atoms with Crippen LogP contribution in [0.25, 0.3) is 5.69 Å². The van der Waals surface area contributed by atoms with Crippen molar-refractivity contribution in [2.45, 2.75) is 44.6 Å². The average molecular weight is 456 g/mol. The maximum absolute atomic E-state index is 13.7. The molecule has 1 aromatic heterocycles.